The number of anilines is 7. The van der Waals surface area contributed by atoms with Crippen molar-refractivity contribution in [3.8, 4) is 0 Å². The van der Waals surface area contributed by atoms with Crippen LogP contribution >= 0.6 is 0 Å². The van der Waals surface area contributed by atoms with E-state index in [1.54, 1.807) is 0 Å². The fourth-order valence-corrected chi connectivity index (χ4v) is 3.59. The lowest BCUT2D eigenvalue weighted by atomic mass is 10.1. The lowest BCUT2D eigenvalue weighted by molar-refractivity contribution is 0.281. The maximum atomic E-state index is 9.39. The molecule has 6 nitrogen and oxygen atoms in total. The topological polar surface area (TPSA) is 85.0 Å². The van der Waals surface area contributed by atoms with Crippen LogP contribution in [0.3, 0.4) is 0 Å². The fraction of sp³-hybridized carbons (Fsp3) is 0.182. The summed E-state index contributed by atoms with van der Waals surface area (Å²) < 4.78 is 0. The Morgan fingerprint density at radius 3 is 2.14 bits per heavy atom. The molecule has 1 heterocycles. The molecule has 3 aromatic carbocycles. The number of para-hydroxylation sites is 1. The summed E-state index contributed by atoms with van der Waals surface area (Å²) in [7, 11) is 0. The van der Waals surface area contributed by atoms with E-state index < -0.39 is 0 Å². The third-order valence-corrected chi connectivity index (χ3v) is 4.87. The van der Waals surface area contributed by atoms with Crippen LogP contribution in [0.5, 0.6) is 0 Å². The van der Waals surface area contributed by atoms with Crippen molar-refractivity contribution >= 4 is 39.8 Å². The maximum Gasteiger partial charge on any atom is 0.0718 e. The third-order valence-electron chi connectivity index (χ3n) is 4.87. The zero-order chi connectivity index (χ0) is 19.5. The molecule has 3 aromatic rings. The first kappa shape index (κ1) is 18.2. The van der Waals surface area contributed by atoms with Crippen LogP contribution in [0.2, 0.25) is 0 Å². The molecule has 5 N–H and O–H groups in total. The highest BCUT2D eigenvalue weighted by atomic mass is 16.3. The Kier molecular flexibility index (Phi) is 5.06. The molecule has 0 aliphatic carbocycles. The number of fused-ring (bicyclic) bond motifs is 2. The van der Waals surface area contributed by atoms with Crippen molar-refractivity contribution < 1.29 is 10.2 Å². The Balaban J connectivity index is 1.86. The van der Waals surface area contributed by atoms with Gasteiger partial charge in [-0.15, -0.1) is 0 Å². The second-order valence-corrected chi connectivity index (χ2v) is 6.71. The van der Waals surface area contributed by atoms with E-state index in [2.05, 4.69) is 28.4 Å². The van der Waals surface area contributed by atoms with Gasteiger partial charge in [-0.2, -0.15) is 0 Å². The van der Waals surface area contributed by atoms with Gasteiger partial charge in [0, 0.05) is 30.2 Å². The van der Waals surface area contributed by atoms with Gasteiger partial charge in [0.15, 0.2) is 0 Å². The molecule has 0 fully saturated rings. The van der Waals surface area contributed by atoms with E-state index in [4.69, 9.17) is 5.73 Å². The molecule has 0 bridgehead atoms. The van der Waals surface area contributed by atoms with Gasteiger partial charge in [-0.25, -0.2) is 0 Å². The van der Waals surface area contributed by atoms with Crippen LogP contribution in [0.1, 0.15) is 0 Å². The van der Waals surface area contributed by atoms with Crippen LogP contribution < -0.4 is 20.9 Å². The fourth-order valence-electron chi connectivity index (χ4n) is 3.59. The van der Waals surface area contributed by atoms with Crippen molar-refractivity contribution in [2.45, 2.75) is 0 Å². The van der Waals surface area contributed by atoms with E-state index in [0.29, 0.717) is 18.8 Å². The van der Waals surface area contributed by atoms with Gasteiger partial charge in [-0.05, 0) is 48.5 Å². The van der Waals surface area contributed by atoms with Crippen LogP contribution in [0, 0.1) is 0 Å². The van der Waals surface area contributed by atoms with Gasteiger partial charge in [0.1, 0.15) is 0 Å². The Bertz CT molecular complexity index is 956. The summed E-state index contributed by atoms with van der Waals surface area (Å²) in [6.45, 7) is 0.970. The normalized spacial score (nSPS) is 12.1. The summed E-state index contributed by atoms with van der Waals surface area (Å²) in [6, 6.07) is 22.1. The van der Waals surface area contributed by atoms with E-state index in [9.17, 15) is 10.2 Å². The summed E-state index contributed by atoms with van der Waals surface area (Å²) in [5.74, 6) is 0. The number of nitrogens with zero attached hydrogens (tertiary/aromatic N) is 2. The molecule has 0 aromatic heterocycles. The summed E-state index contributed by atoms with van der Waals surface area (Å²) in [4.78, 5) is 4.15. The molecule has 0 atom stereocenters. The van der Waals surface area contributed by atoms with Gasteiger partial charge >= 0.3 is 0 Å². The zero-order valence-corrected chi connectivity index (χ0v) is 15.5. The summed E-state index contributed by atoms with van der Waals surface area (Å²) in [6.07, 6.45) is 0. The summed E-state index contributed by atoms with van der Waals surface area (Å²) in [5.41, 5.74) is 12.7. The van der Waals surface area contributed by atoms with Crippen LogP contribution in [-0.2, 0) is 0 Å². The lowest BCUT2D eigenvalue weighted by Crippen LogP contribution is -2.30. The molecular formula is C22H24N4O2. The highest BCUT2D eigenvalue weighted by Gasteiger charge is 2.25. The standard InChI is InChI=1S/C22H24N4O2/c23-16-6-8-19-21(14-16)26(17-4-2-1-3-5-17)22-15-18(7-9-20(22)24-19)25(10-12-27)11-13-28/h1-9,14-15,24,27-28H,10-13,23H2. The number of rotatable bonds is 6. The van der Waals surface area contributed by atoms with Crippen molar-refractivity contribution in [3.63, 3.8) is 0 Å². The molecule has 1 aliphatic rings. The van der Waals surface area contributed by atoms with Crippen LogP contribution in [0.4, 0.5) is 39.8 Å². The number of aliphatic hydroxyl groups excluding tert-OH is 2. The minimum absolute atomic E-state index is 0.0249. The number of nitrogen functional groups attached to an aromatic ring is 1. The predicted molar refractivity (Wildman–Crippen MR) is 115 cm³/mol. The molecule has 0 amide bonds. The van der Waals surface area contributed by atoms with Crippen molar-refractivity contribution in [2.24, 2.45) is 0 Å². The smallest absolute Gasteiger partial charge is 0.0718 e. The average molecular weight is 376 g/mol. The van der Waals surface area contributed by atoms with Gasteiger partial charge in [0.25, 0.3) is 0 Å². The molecule has 0 saturated heterocycles. The first-order valence-electron chi connectivity index (χ1n) is 9.33. The molecule has 0 unspecified atom stereocenters. The van der Waals surface area contributed by atoms with E-state index >= 15 is 0 Å². The van der Waals surface area contributed by atoms with Gasteiger partial charge in [-0.1, -0.05) is 18.2 Å². The van der Waals surface area contributed by atoms with E-state index in [1.165, 1.54) is 0 Å². The van der Waals surface area contributed by atoms with E-state index in [1.807, 2.05) is 53.4 Å². The summed E-state index contributed by atoms with van der Waals surface area (Å²) >= 11 is 0. The highest BCUT2D eigenvalue weighted by molar-refractivity contribution is 5.98. The second-order valence-electron chi connectivity index (χ2n) is 6.71. The molecule has 4 rings (SSSR count). The number of benzene rings is 3. The average Bonchev–Trinajstić information content (AvgIpc) is 2.72. The number of hydrogen-bond acceptors (Lipinski definition) is 6. The van der Waals surface area contributed by atoms with E-state index in [0.717, 1.165) is 34.1 Å². The number of nitrogens with one attached hydrogen (secondary N) is 1. The van der Waals surface area contributed by atoms with Crippen LogP contribution in [0.15, 0.2) is 66.7 Å². The van der Waals surface area contributed by atoms with Crippen LogP contribution in [-0.4, -0.2) is 36.5 Å². The molecular weight excluding hydrogens is 352 g/mol. The third kappa shape index (κ3) is 3.35. The SMILES string of the molecule is Nc1ccc2c(c1)N(c1ccccc1)c1cc(N(CCO)CCO)ccc1N2. The van der Waals surface area contributed by atoms with Gasteiger partial charge in [0.2, 0.25) is 0 Å². The molecule has 6 heteroatoms. The van der Waals surface area contributed by atoms with Gasteiger partial charge < -0.3 is 31.1 Å². The summed E-state index contributed by atoms with van der Waals surface area (Å²) in [5, 5.41) is 22.3. The Morgan fingerprint density at radius 1 is 0.821 bits per heavy atom. The molecule has 144 valence electrons. The maximum absolute atomic E-state index is 9.39. The highest BCUT2D eigenvalue weighted by Crippen LogP contribution is 2.49. The largest absolute Gasteiger partial charge is 0.399 e. The molecule has 1 aliphatic heterocycles. The van der Waals surface area contributed by atoms with E-state index in [-0.39, 0.29) is 13.2 Å². The lowest BCUT2D eigenvalue weighted by Gasteiger charge is -2.35. The minimum Gasteiger partial charge on any atom is -0.399 e. The molecule has 0 radical (unpaired) electrons. The zero-order valence-electron chi connectivity index (χ0n) is 15.5. The Hall–Kier alpha value is -3.22. The number of nitrogens with two attached hydrogens (primary N) is 1. The predicted octanol–water partition coefficient (Wildman–Crippen LogP) is 3.59. The number of hydrogen-bond donors (Lipinski definition) is 4. The quantitative estimate of drug-likeness (QED) is 0.385. The monoisotopic (exact) mass is 376 g/mol. The molecule has 28 heavy (non-hydrogen) atoms. The van der Waals surface area contributed by atoms with Gasteiger partial charge in [-0.3, -0.25) is 0 Å². The van der Waals surface area contributed by atoms with Crippen molar-refractivity contribution in [1.29, 1.82) is 0 Å². The Morgan fingerprint density at radius 2 is 1.46 bits per heavy atom. The minimum atomic E-state index is 0.0249. The first-order chi connectivity index (χ1) is 13.7. The number of aliphatic hydroxyl groups is 2. The first-order valence-corrected chi connectivity index (χ1v) is 9.33. The van der Waals surface area contributed by atoms with Crippen molar-refractivity contribution in [1.82, 2.24) is 0 Å². The second kappa shape index (κ2) is 7.80. The van der Waals surface area contributed by atoms with Crippen molar-refractivity contribution in [2.75, 3.05) is 47.2 Å². The van der Waals surface area contributed by atoms with Crippen molar-refractivity contribution in [3.05, 3.63) is 66.7 Å². The van der Waals surface area contributed by atoms with Gasteiger partial charge in [0.05, 0.1) is 36.0 Å². The molecule has 0 spiro atoms. The molecule has 0 saturated carbocycles. The van der Waals surface area contributed by atoms with Crippen LogP contribution in [0.25, 0.3) is 0 Å². The Labute approximate surface area is 164 Å².